The summed E-state index contributed by atoms with van der Waals surface area (Å²) in [7, 11) is 2.54. The van der Waals surface area contributed by atoms with Gasteiger partial charge in [0.25, 0.3) is 0 Å². The van der Waals surface area contributed by atoms with E-state index >= 15 is 0 Å². The van der Waals surface area contributed by atoms with Gasteiger partial charge in [0.1, 0.15) is 23.9 Å². The minimum atomic E-state index is -4.72. The maximum atomic E-state index is 14.2. The second-order valence-electron chi connectivity index (χ2n) is 4.74. The largest absolute Gasteiger partial charge is 0.490 e. The third kappa shape index (κ3) is 3.76. The van der Waals surface area contributed by atoms with Crippen molar-refractivity contribution in [1.29, 1.82) is 0 Å². The van der Waals surface area contributed by atoms with Crippen molar-refractivity contribution in [2.45, 2.75) is 6.18 Å². The molecular weight excluding hydrogens is 375 g/mol. The maximum Gasteiger partial charge on any atom is 0.434 e. The Morgan fingerprint density at radius 2 is 1.88 bits per heavy atom. The van der Waals surface area contributed by atoms with Crippen LogP contribution in [0.4, 0.5) is 17.6 Å². The lowest BCUT2D eigenvalue weighted by Gasteiger charge is -2.10. The predicted molar refractivity (Wildman–Crippen MR) is 81.0 cm³/mol. The number of hydrogen-bond donors (Lipinski definition) is 0. The Kier molecular flexibility index (Phi) is 5.62. The number of hydrogen-bond acceptors (Lipinski definition) is 3. The molecule has 0 spiro atoms. The fraction of sp³-hybridized carbons (Fsp3) is 0.357. The second-order valence-corrected chi connectivity index (χ2v) is 5.52. The van der Waals surface area contributed by atoms with Gasteiger partial charge in [0.05, 0.1) is 16.7 Å². The van der Waals surface area contributed by atoms with E-state index in [9.17, 15) is 17.6 Å². The third-order valence-electron chi connectivity index (χ3n) is 3.08. The fourth-order valence-corrected chi connectivity index (χ4v) is 2.61. The zero-order chi connectivity index (χ0) is 18.1. The van der Waals surface area contributed by atoms with Gasteiger partial charge in [0.15, 0.2) is 5.69 Å². The van der Waals surface area contributed by atoms with E-state index < -0.39 is 22.7 Å². The first-order chi connectivity index (χ1) is 11.2. The molecule has 1 heterocycles. The quantitative estimate of drug-likeness (QED) is 0.557. The molecule has 4 nitrogen and oxygen atoms in total. The number of nitrogens with zero attached hydrogens (tertiary/aromatic N) is 2. The molecule has 0 bridgehead atoms. The van der Waals surface area contributed by atoms with Gasteiger partial charge < -0.3 is 9.47 Å². The van der Waals surface area contributed by atoms with Gasteiger partial charge in [-0.3, -0.25) is 4.68 Å². The Labute approximate surface area is 144 Å². The first kappa shape index (κ1) is 18.8. The Hall–Kier alpha value is -1.51. The molecule has 0 unspecified atom stereocenters. The summed E-state index contributed by atoms with van der Waals surface area (Å²) in [5, 5.41) is 2.94. The van der Waals surface area contributed by atoms with Crippen LogP contribution in [0.5, 0.6) is 5.75 Å². The molecule has 0 amide bonds. The number of aryl methyl sites for hydroxylation is 1. The van der Waals surface area contributed by atoms with Gasteiger partial charge in [0, 0.05) is 19.7 Å². The van der Waals surface area contributed by atoms with Crippen molar-refractivity contribution in [2.24, 2.45) is 7.05 Å². The van der Waals surface area contributed by atoms with E-state index in [-0.39, 0.29) is 35.2 Å². The summed E-state index contributed by atoms with van der Waals surface area (Å²) in [4.78, 5) is 0. The molecule has 132 valence electrons. The van der Waals surface area contributed by atoms with Crippen LogP contribution in [0.25, 0.3) is 11.3 Å². The van der Waals surface area contributed by atoms with E-state index in [2.05, 4.69) is 5.10 Å². The molecule has 0 N–H and O–H groups in total. The van der Waals surface area contributed by atoms with Crippen LogP contribution in [0.15, 0.2) is 12.1 Å². The van der Waals surface area contributed by atoms with Crippen LogP contribution < -0.4 is 4.74 Å². The molecule has 1 aromatic carbocycles. The monoisotopic (exact) mass is 386 g/mol. The van der Waals surface area contributed by atoms with Gasteiger partial charge in [-0.2, -0.15) is 18.3 Å². The predicted octanol–water partition coefficient (Wildman–Crippen LogP) is 4.58. The lowest BCUT2D eigenvalue weighted by atomic mass is 10.1. The number of aromatic nitrogens is 2. The average molecular weight is 387 g/mol. The minimum absolute atomic E-state index is 0.0320. The molecule has 0 atom stereocenters. The number of alkyl halides is 3. The highest BCUT2D eigenvalue weighted by Gasteiger charge is 2.39. The van der Waals surface area contributed by atoms with Crippen molar-refractivity contribution in [3.63, 3.8) is 0 Å². The lowest BCUT2D eigenvalue weighted by Crippen LogP contribution is -2.12. The first-order valence-corrected chi connectivity index (χ1v) is 7.33. The molecule has 0 fully saturated rings. The highest BCUT2D eigenvalue weighted by atomic mass is 35.5. The van der Waals surface area contributed by atoms with Crippen LogP contribution >= 0.6 is 23.2 Å². The number of ether oxygens (including phenoxy) is 2. The Morgan fingerprint density at radius 1 is 1.21 bits per heavy atom. The second kappa shape index (κ2) is 7.16. The van der Waals surface area contributed by atoms with Crippen LogP contribution in [-0.4, -0.2) is 30.1 Å². The molecule has 0 aliphatic heterocycles. The molecule has 2 aromatic rings. The highest BCUT2D eigenvalue weighted by molar-refractivity contribution is 6.34. The van der Waals surface area contributed by atoms with Gasteiger partial charge in [0.2, 0.25) is 0 Å². The van der Waals surface area contributed by atoms with Crippen molar-refractivity contribution < 1.29 is 27.0 Å². The third-order valence-corrected chi connectivity index (χ3v) is 3.73. The summed E-state index contributed by atoms with van der Waals surface area (Å²) in [5.41, 5.74) is -1.77. The summed E-state index contributed by atoms with van der Waals surface area (Å²) in [5.74, 6) is -0.784. The van der Waals surface area contributed by atoms with E-state index in [1.165, 1.54) is 7.11 Å². The van der Waals surface area contributed by atoms with E-state index in [1.807, 2.05) is 0 Å². The normalized spacial score (nSPS) is 11.8. The summed E-state index contributed by atoms with van der Waals surface area (Å²) in [6, 6.07) is 2.08. The lowest BCUT2D eigenvalue weighted by molar-refractivity contribution is -0.143. The SMILES string of the molecule is COCCOc1cc(-c2nn(C)c(C(F)(F)F)c2Cl)c(F)cc1Cl. The summed E-state index contributed by atoms with van der Waals surface area (Å²) < 4.78 is 63.8. The number of benzene rings is 1. The van der Waals surface area contributed by atoms with Crippen LogP contribution in [0, 0.1) is 5.82 Å². The summed E-state index contributed by atoms with van der Waals surface area (Å²) >= 11 is 11.6. The highest BCUT2D eigenvalue weighted by Crippen LogP contribution is 2.41. The molecular formula is C14H12Cl2F4N2O2. The number of halogens is 6. The standard InChI is InChI=1S/C14H12Cl2F4N2O2/c1-22-13(14(18,19)20)11(16)12(21-22)7-5-10(24-4-3-23-2)8(15)6-9(7)17/h5-6H,3-4H2,1-2H3. The molecule has 0 saturated heterocycles. The molecule has 0 radical (unpaired) electrons. The number of methoxy groups -OCH3 is 1. The fourth-order valence-electron chi connectivity index (χ4n) is 2.03. The average Bonchev–Trinajstić information content (AvgIpc) is 2.76. The van der Waals surface area contributed by atoms with Crippen molar-refractivity contribution in [2.75, 3.05) is 20.3 Å². The zero-order valence-electron chi connectivity index (χ0n) is 12.5. The van der Waals surface area contributed by atoms with Gasteiger partial charge in [-0.05, 0) is 12.1 Å². The van der Waals surface area contributed by atoms with Crippen molar-refractivity contribution >= 4 is 23.2 Å². The Morgan fingerprint density at radius 3 is 2.42 bits per heavy atom. The van der Waals surface area contributed by atoms with Crippen LogP contribution in [0.3, 0.4) is 0 Å². The molecule has 10 heteroatoms. The smallest absolute Gasteiger partial charge is 0.434 e. The first-order valence-electron chi connectivity index (χ1n) is 6.57. The molecule has 0 saturated carbocycles. The van der Waals surface area contributed by atoms with Crippen molar-refractivity contribution in [3.05, 3.63) is 33.7 Å². The van der Waals surface area contributed by atoms with Gasteiger partial charge >= 0.3 is 6.18 Å². The minimum Gasteiger partial charge on any atom is -0.490 e. The number of rotatable bonds is 5. The maximum absolute atomic E-state index is 14.2. The van der Waals surface area contributed by atoms with Gasteiger partial charge in [-0.1, -0.05) is 23.2 Å². The van der Waals surface area contributed by atoms with Gasteiger partial charge in [-0.15, -0.1) is 0 Å². The Balaban J connectivity index is 2.51. The summed E-state index contributed by atoms with van der Waals surface area (Å²) in [6.45, 7) is 0.386. The Bertz CT molecular complexity index is 747. The molecule has 2 rings (SSSR count). The molecule has 1 aromatic heterocycles. The molecule has 0 aliphatic rings. The van der Waals surface area contributed by atoms with Crippen molar-refractivity contribution in [3.8, 4) is 17.0 Å². The van der Waals surface area contributed by atoms with E-state index in [4.69, 9.17) is 32.7 Å². The molecule has 24 heavy (non-hydrogen) atoms. The van der Waals surface area contributed by atoms with Crippen LogP contribution in [0.2, 0.25) is 10.0 Å². The zero-order valence-corrected chi connectivity index (χ0v) is 14.1. The van der Waals surface area contributed by atoms with E-state index in [0.717, 1.165) is 19.2 Å². The van der Waals surface area contributed by atoms with Crippen LogP contribution in [0.1, 0.15) is 5.69 Å². The molecule has 0 aliphatic carbocycles. The topological polar surface area (TPSA) is 36.3 Å². The van der Waals surface area contributed by atoms with Crippen LogP contribution in [-0.2, 0) is 18.0 Å². The summed E-state index contributed by atoms with van der Waals surface area (Å²) in [6.07, 6.45) is -4.72. The van der Waals surface area contributed by atoms with E-state index in [0.29, 0.717) is 4.68 Å². The van der Waals surface area contributed by atoms with Gasteiger partial charge in [-0.25, -0.2) is 4.39 Å². The van der Waals surface area contributed by atoms with Crippen molar-refractivity contribution in [1.82, 2.24) is 9.78 Å². The van der Waals surface area contributed by atoms with E-state index in [1.54, 1.807) is 0 Å².